The fourth-order valence-electron chi connectivity index (χ4n) is 1.76. The Morgan fingerprint density at radius 1 is 1.25 bits per heavy atom. The Morgan fingerprint density at radius 2 is 1.95 bits per heavy atom. The number of nitriles is 1. The molecule has 0 bridgehead atoms. The van der Waals surface area contributed by atoms with E-state index in [0.29, 0.717) is 12.1 Å². The van der Waals surface area contributed by atoms with Gasteiger partial charge in [0.05, 0.1) is 5.56 Å². The van der Waals surface area contributed by atoms with Crippen LogP contribution in [0.5, 0.6) is 0 Å². The molecule has 0 amide bonds. The average Bonchev–Trinajstić information content (AvgIpc) is 2.46. The molecule has 2 rings (SSSR count). The molecule has 1 atom stereocenters. The van der Waals surface area contributed by atoms with Gasteiger partial charge < -0.3 is 5.73 Å². The van der Waals surface area contributed by atoms with Crippen LogP contribution < -0.4 is 5.73 Å². The highest BCUT2D eigenvalue weighted by Gasteiger charge is 2.14. The molecule has 0 radical (unpaired) electrons. The van der Waals surface area contributed by atoms with Gasteiger partial charge in [0.1, 0.15) is 11.1 Å². The molecule has 2 aromatic rings. The molecule has 5 heteroatoms. The second-order valence-corrected chi connectivity index (χ2v) is 5.36. The van der Waals surface area contributed by atoms with Crippen molar-refractivity contribution in [1.29, 1.82) is 5.26 Å². The van der Waals surface area contributed by atoms with E-state index >= 15 is 0 Å². The van der Waals surface area contributed by atoms with Crippen LogP contribution in [-0.4, -0.2) is 11.5 Å². The van der Waals surface area contributed by atoms with Crippen LogP contribution in [0.3, 0.4) is 0 Å². The van der Waals surface area contributed by atoms with Crippen molar-refractivity contribution in [3.8, 4) is 6.07 Å². The van der Waals surface area contributed by atoms with Gasteiger partial charge in [-0.05, 0) is 24.6 Å². The maximum atomic E-state index is 9.13. The fourth-order valence-corrected chi connectivity index (χ4v) is 2.86. The van der Waals surface area contributed by atoms with Crippen molar-refractivity contribution in [2.75, 3.05) is 6.54 Å². The second kappa shape index (κ2) is 7.91. The lowest BCUT2D eigenvalue weighted by atomic mass is 10.1. The molecule has 0 aliphatic carbocycles. The first-order chi connectivity index (χ1) is 9.24. The number of hydrogen-bond acceptors (Lipinski definition) is 4. The predicted octanol–water partition coefficient (Wildman–Crippen LogP) is 3.48. The van der Waals surface area contributed by atoms with Gasteiger partial charge in [-0.25, -0.2) is 4.98 Å². The van der Waals surface area contributed by atoms with Crippen LogP contribution in [0.2, 0.25) is 0 Å². The average molecular weight is 306 g/mol. The number of aryl methyl sites for hydroxylation is 1. The van der Waals surface area contributed by atoms with Gasteiger partial charge >= 0.3 is 0 Å². The summed E-state index contributed by atoms with van der Waals surface area (Å²) in [7, 11) is 0. The van der Waals surface area contributed by atoms with Gasteiger partial charge in [0.15, 0.2) is 0 Å². The van der Waals surface area contributed by atoms with Crippen molar-refractivity contribution in [1.82, 2.24) is 4.98 Å². The number of benzene rings is 1. The van der Waals surface area contributed by atoms with E-state index < -0.39 is 0 Å². The normalized spacial score (nSPS) is 11.2. The zero-order valence-corrected chi connectivity index (χ0v) is 12.7. The molecule has 0 saturated heterocycles. The number of pyridine rings is 1. The monoisotopic (exact) mass is 305 g/mol. The Morgan fingerprint density at radius 3 is 2.55 bits per heavy atom. The van der Waals surface area contributed by atoms with Crippen LogP contribution in [0.15, 0.2) is 47.5 Å². The first kappa shape index (κ1) is 16.5. The number of thioether (sulfide) groups is 1. The highest BCUT2D eigenvalue weighted by molar-refractivity contribution is 7.99. The van der Waals surface area contributed by atoms with Crippen molar-refractivity contribution < 1.29 is 0 Å². The SMILES string of the molecule is Cc1ccc(C#N)c(S[C@H](CN)c2ccccc2)n1.Cl. The molecule has 0 spiro atoms. The number of halogens is 1. The minimum absolute atomic E-state index is 0. The first-order valence-electron chi connectivity index (χ1n) is 6.04. The third-order valence-corrected chi connectivity index (χ3v) is 4.04. The molecule has 0 fully saturated rings. The van der Waals surface area contributed by atoms with E-state index in [-0.39, 0.29) is 17.7 Å². The molecule has 0 unspecified atom stereocenters. The lowest BCUT2D eigenvalue weighted by molar-refractivity contribution is 0.930. The summed E-state index contributed by atoms with van der Waals surface area (Å²) in [6.07, 6.45) is 0. The summed E-state index contributed by atoms with van der Waals surface area (Å²) in [6, 6.07) is 15.9. The zero-order valence-electron chi connectivity index (χ0n) is 11.1. The third-order valence-electron chi connectivity index (χ3n) is 2.76. The molecule has 0 aliphatic rings. The topological polar surface area (TPSA) is 62.7 Å². The van der Waals surface area contributed by atoms with Gasteiger partial charge in [-0.15, -0.1) is 12.4 Å². The van der Waals surface area contributed by atoms with Crippen LogP contribution in [-0.2, 0) is 0 Å². The molecular formula is C15H16ClN3S. The Balaban J connectivity index is 0.00000200. The molecule has 0 saturated carbocycles. The van der Waals surface area contributed by atoms with Gasteiger partial charge in [0.2, 0.25) is 0 Å². The van der Waals surface area contributed by atoms with Gasteiger partial charge in [-0.2, -0.15) is 5.26 Å². The van der Waals surface area contributed by atoms with Crippen LogP contribution in [0, 0.1) is 18.3 Å². The summed E-state index contributed by atoms with van der Waals surface area (Å²) in [5.74, 6) is 0. The smallest absolute Gasteiger partial charge is 0.115 e. The quantitative estimate of drug-likeness (QED) is 0.878. The molecule has 0 aliphatic heterocycles. The van der Waals surface area contributed by atoms with Gasteiger partial charge in [-0.3, -0.25) is 0 Å². The van der Waals surface area contributed by atoms with E-state index in [1.165, 1.54) is 0 Å². The minimum Gasteiger partial charge on any atom is -0.329 e. The first-order valence-corrected chi connectivity index (χ1v) is 6.92. The number of aromatic nitrogens is 1. The summed E-state index contributed by atoms with van der Waals surface area (Å²) in [5, 5.41) is 10.00. The highest BCUT2D eigenvalue weighted by atomic mass is 35.5. The Hall–Kier alpha value is -1.54. The van der Waals surface area contributed by atoms with E-state index in [1.807, 2.05) is 49.4 Å². The van der Waals surface area contributed by atoms with E-state index in [1.54, 1.807) is 11.8 Å². The molecule has 2 N–H and O–H groups in total. The Bertz CT molecular complexity index is 596. The van der Waals surface area contributed by atoms with Gasteiger partial charge in [0, 0.05) is 17.5 Å². The van der Waals surface area contributed by atoms with E-state index in [9.17, 15) is 0 Å². The fraction of sp³-hybridized carbons (Fsp3) is 0.200. The largest absolute Gasteiger partial charge is 0.329 e. The maximum Gasteiger partial charge on any atom is 0.115 e. The van der Waals surface area contributed by atoms with Crippen molar-refractivity contribution in [3.05, 3.63) is 59.3 Å². The predicted molar refractivity (Wildman–Crippen MR) is 85.0 cm³/mol. The minimum atomic E-state index is 0. The number of nitrogens with two attached hydrogens (primary N) is 1. The summed E-state index contributed by atoms with van der Waals surface area (Å²) in [5.41, 5.74) is 8.52. The number of hydrogen-bond donors (Lipinski definition) is 1. The summed E-state index contributed by atoms with van der Waals surface area (Å²) < 4.78 is 0. The second-order valence-electron chi connectivity index (χ2n) is 4.17. The van der Waals surface area contributed by atoms with Crippen molar-refractivity contribution in [2.24, 2.45) is 5.73 Å². The molecule has 20 heavy (non-hydrogen) atoms. The molecule has 3 nitrogen and oxygen atoms in total. The third kappa shape index (κ3) is 3.97. The zero-order chi connectivity index (χ0) is 13.7. The van der Waals surface area contributed by atoms with Crippen molar-refractivity contribution in [3.63, 3.8) is 0 Å². The lowest BCUT2D eigenvalue weighted by Gasteiger charge is -2.15. The standard InChI is InChI=1S/C15H15N3S.ClH/c1-11-7-8-13(9-16)15(18-11)19-14(10-17)12-5-3-2-4-6-12;/h2-8,14H,10,17H2,1H3;1H/t14-;/m1./s1. The lowest BCUT2D eigenvalue weighted by Crippen LogP contribution is -2.10. The summed E-state index contributed by atoms with van der Waals surface area (Å²) in [6.45, 7) is 2.43. The maximum absolute atomic E-state index is 9.13. The van der Waals surface area contributed by atoms with E-state index in [2.05, 4.69) is 11.1 Å². The number of rotatable bonds is 4. The molecule has 104 valence electrons. The highest BCUT2D eigenvalue weighted by Crippen LogP contribution is 2.34. The van der Waals surface area contributed by atoms with E-state index in [0.717, 1.165) is 16.3 Å². The van der Waals surface area contributed by atoms with Crippen LogP contribution in [0.4, 0.5) is 0 Å². The Labute approximate surface area is 129 Å². The summed E-state index contributed by atoms with van der Waals surface area (Å²) in [4.78, 5) is 4.44. The van der Waals surface area contributed by atoms with Crippen LogP contribution in [0.25, 0.3) is 0 Å². The molecule has 1 aromatic heterocycles. The molecule has 1 aromatic carbocycles. The molecular weight excluding hydrogens is 290 g/mol. The number of nitrogens with zero attached hydrogens (tertiary/aromatic N) is 2. The van der Waals surface area contributed by atoms with Crippen LogP contribution in [0.1, 0.15) is 22.1 Å². The molecule has 1 heterocycles. The van der Waals surface area contributed by atoms with Gasteiger partial charge in [-0.1, -0.05) is 42.1 Å². The summed E-state index contributed by atoms with van der Waals surface area (Å²) >= 11 is 1.55. The van der Waals surface area contributed by atoms with Crippen molar-refractivity contribution in [2.45, 2.75) is 17.2 Å². The van der Waals surface area contributed by atoms with Crippen LogP contribution >= 0.6 is 24.2 Å². The Kier molecular flexibility index (Phi) is 6.53. The van der Waals surface area contributed by atoms with Crippen molar-refractivity contribution >= 4 is 24.2 Å². The van der Waals surface area contributed by atoms with Gasteiger partial charge in [0.25, 0.3) is 0 Å². The van der Waals surface area contributed by atoms with E-state index in [4.69, 9.17) is 11.0 Å².